The lowest BCUT2D eigenvalue weighted by Crippen LogP contribution is -1.99. The van der Waals surface area contributed by atoms with Crippen LogP contribution in [0.1, 0.15) is 11.1 Å². The van der Waals surface area contributed by atoms with Gasteiger partial charge in [0.1, 0.15) is 6.61 Å². The van der Waals surface area contributed by atoms with Gasteiger partial charge in [0.2, 0.25) is 5.75 Å². The highest BCUT2D eigenvalue weighted by Gasteiger charge is 2.14. The molecule has 0 heterocycles. The third-order valence-electron chi connectivity index (χ3n) is 2.58. The van der Waals surface area contributed by atoms with Crippen molar-refractivity contribution in [3.05, 3.63) is 58.6 Å². The van der Waals surface area contributed by atoms with E-state index in [0.29, 0.717) is 5.02 Å². The van der Waals surface area contributed by atoms with E-state index in [2.05, 4.69) is 4.94 Å². The molecule has 1 N–H and O–H groups in total. The standard InChI is InChI=1S/C14H12ClFO3/c15-12-6-11(8-17)14(19-16)13(7-12)18-9-10-4-2-1-3-5-10/h1-7,17H,8-9H2. The fraction of sp³-hybridized carbons (Fsp3) is 0.143. The first-order valence-corrected chi connectivity index (χ1v) is 6.01. The summed E-state index contributed by atoms with van der Waals surface area (Å²) in [5.41, 5.74) is 1.16. The molecule has 0 aromatic heterocycles. The Morgan fingerprint density at radius 2 is 1.89 bits per heavy atom. The average molecular weight is 283 g/mol. The highest BCUT2D eigenvalue weighted by Crippen LogP contribution is 2.35. The Labute approximate surface area is 115 Å². The number of hydrogen-bond donors (Lipinski definition) is 1. The van der Waals surface area contributed by atoms with Gasteiger partial charge in [0, 0.05) is 21.2 Å². The number of aliphatic hydroxyl groups excluding tert-OH is 1. The largest absolute Gasteiger partial charge is 0.485 e. The number of rotatable bonds is 5. The SMILES string of the molecule is OCc1cc(Cl)cc(OCc2ccccc2)c1OF. The summed E-state index contributed by atoms with van der Waals surface area (Å²) in [5, 5.41) is 9.46. The predicted molar refractivity (Wildman–Crippen MR) is 69.9 cm³/mol. The second kappa shape index (κ2) is 6.41. The Bertz CT molecular complexity index is 546. The summed E-state index contributed by atoms with van der Waals surface area (Å²) in [4.78, 5) is 3.77. The second-order valence-electron chi connectivity index (χ2n) is 3.90. The zero-order valence-corrected chi connectivity index (χ0v) is 10.7. The van der Waals surface area contributed by atoms with Crippen LogP contribution in [0.4, 0.5) is 4.53 Å². The number of aliphatic hydroxyl groups is 1. The summed E-state index contributed by atoms with van der Waals surface area (Å²) in [7, 11) is 0. The number of ether oxygens (including phenoxy) is 1. The van der Waals surface area contributed by atoms with Crippen molar-refractivity contribution in [2.75, 3.05) is 0 Å². The van der Waals surface area contributed by atoms with Crippen LogP contribution in [0.5, 0.6) is 11.5 Å². The molecule has 2 aromatic rings. The van der Waals surface area contributed by atoms with E-state index in [0.717, 1.165) is 5.56 Å². The minimum atomic E-state index is -0.387. The van der Waals surface area contributed by atoms with Crippen molar-refractivity contribution in [2.45, 2.75) is 13.2 Å². The lowest BCUT2D eigenvalue weighted by atomic mass is 10.2. The van der Waals surface area contributed by atoms with Gasteiger partial charge in [-0.05, 0) is 11.6 Å². The Morgan fingerprint density at radius 1 is 1.16 bits per heavy atom. The van der Waals surface area contributed by atoms with Gasteiger partial charge in [-0.15, -0.1) is 0 Å². The summed E-state index contributed by atoms with van der Waals surface area (Å²) >= 11 is 5.87. The van der Waals surface area contributed by atoms with Gasteiger partial charge in [-0.3, -0.25) is 4.94 Å². The molecule has 100 valence electrons. The van der Waals surface area contributed by atoms with Crippen LogP contribution >= 0.6 is 11.6 Å². The summed E-state index contributed by atoms with van der Waals surface area (Å²) < 4.78 is 18.0. The molecule has 0 aliphatic heterocycles. The van der Waals surface area contributed by atoms with Gasteiger partial charge < -0.3 is 9.84 Å². The van der Waals surface area contributed by atoms with Crippen LogP contribution in [0.3, 0.4) is 0 Å². The minimum Gasteiger partial charge on any atom is -0.485 e. The first-order chi connectivity index (χ1) is 9.24. The summed E-state index contributed by atoms with van der Waals surface area (Å²) in [6.45, 7) is -0.135. The van der Waals surface area contributed by atoms with E-state index in [4.69, 9.17) is 21.4 Å². The first kappa shape index (κ1) is 13.6. The molecule has 0 unspecified atom stereocenters. The second-order valence-corrected chi connectivity index (χ2v) is 4.34. The van der Waals surface area contributed by atoms with Crippen molar-refractivity contribution >= 4 is 11.6 Å². The van der Waals surface area contributed by atoms with Gasteiger partial charge >= 0.3 is 0 Å². The topological polar surface area (TPSA) is 38.7 Å². The monoisotopic (exact) mass is 282 g/mol. The maximum absolute atomic E-state index is 12.6. The van der Waals surface area contributed by atoms with Crippen LogP contribution in [-0.2, 0) is 13.2 Å². The smallest absolute Gasteiger partial charge is 0.219 e. The minimum absolute atomic E-state index is 0.150. The van der Waals surface area contributed by atoms with Crippen LogP contribution < -0.4 is 9.68 Å². The predicted octanol–water partition coefficient (Wildman–Crippen LogP) is 3.67. The third-order valence-corrected chi connectivity index (χ3v) is 2.80. The van der Waals surface area contributed by atoms with Crippen molar-refractivity contribution in [1.82, 2.24) is 0 Å². The highest BCUT2D eigenvalue weighted by atomic mass is 35.5. The number of halogens is 2. The molecule has 0 spiro atoms. The van der Waals surface area contributed by atoms with Crippen LogP contribution in [0.15, 0.2) is 42.5 Å². The van der Waals surface area contributed by atoms with E-state index >= 15 is 0 Å². The van der Waals surface area contributed by atoms with Gasteiger partial charge in [0.25, 0.3) is 0 Å². The molecule has 0 amide bonds. The normalized spacial score (nSPS) is 10.3. The lowest BCUT2D eigenvalue weighted by Gasteiger charge is -2.11. The van der Waals surface area contributed by atoms with Crippen molar-refractivity contribution in [3.63, 3.8) is 0 Å². The van der Waals surface area contributed by atoms with E-state index in [9.17, 15) is 4.53 Å². The molecule has 0 saturated heterocycles. The number of hydrogen-bond acceptors (Lipinski definition) is 3. The Hall–Kier alpha value is -1.78. The van der Waals surface area contributed by atoms with Crippen molar-refractivity contribution < 1.29 is 19.3 Å². The molecule has 5 heteroatoms. The molecule has 19 heavy (non-hydrogen) atoms. The lowest BCUT2D eigenvalue weighted by molar-refractivity contribution is -0.0122. The molecular formula is C14H12ClFO3. The average Bonchev–Trinajstić information content (AvgIpc) is 2.45. The Morgan fingerprint density at radius 3 is 2.53 bits per heavy atom. The van der Waals surface area contributed by atoms with Gasteiger partial charge in [-0.25, -0.2) is 0 Å². The molecule has 2 rings (SSSR count). The van der Waals surface area contributed by atoms with Crippen LogP contribution in [-0.4, -0.2) is 5.11 Å². The molecule has 0 aliphatic carbocycles. The van der Waals surface area contributed by atoms with Gasteiger partial charge in [0.15, 0.2) is 5.75 Å². The van der Waals surface area contributed by atoms with E-state index < -0.39 is 0 Å². The molecule has 0 aliphatic rings. The van der Waals surface area contributed by atoms with Crippen LogP contribution in [0, 0.1) is 0 Å². The Balaban J connectivity index is 2.22. The summed E-state index contributed by atoms with van der Waals surface area (Å²) in [6.07, 6.45) is 0. The van der Waals surface area contributed by atoms with Crippen molar-refractivity contribution in [3.8, 4) is 11.5 Å². The first-order valence-electron chi connectivity index (χ1n) is 5.63. The van der Waals surface area contributed by atoms with Gasteiger partial charge in [-0.1, -0.05) is 41.9 Å². The maximum Gasteiger partial charge on any atom is 0.219 e. The molecule has 0 atom stereocenters. The fourth-order valence-corrected chi connectivity index (χ4v) is 1.90. The van der Waals surface area contributed by atoms with Crippen molar-refractivity contribution in [2.24, 2.45) is 0 Å². The van der Waals surface area contributed by atoms with Crippen LogP contribution in [0.2, 0.25) is 5.02 Å². The van der Waals surface area contributed by atoms with E-state index in [-0.39, 0.29) is 30.3 Å². The van der Waals surface area contributed by atoms with E-state index in [1.807, 2.05) is 30.3 Å². The summed E-state index contributed by atoms with van der Waals surface area (Å²) in [6, 6.07) is 12.3. The quantitative estimate of drug-likeness (QED) is 0.909. The third kappa shape index (κ3) is 3.36. The molecule has 2 aromatic carbocycles. The molecule has 0 radical (unpaired) electrons. The van der Waals surface area contributed by atoms with Crippen LogP contribution in [0.25, 0.3) is 0 Å². The Kier molecular flexibility index (Phi) is 4.60. The summed E-state index contributed by atoms with van der Waals surface area (Å²) in [5.74, 6) is 0.00531. The number of benzene rings is 2. The zero-order valence-electron chi connectivity index (χ0n) is 9.98. The zero-order chi connectivity index (χ0) is 13.7. The van der Waals surface area contributed by atoms with E-state index in [1.54, 1.807) is 0 Å². The maximum atomic E-state index is 12.6. The van der Waals surface area contributed by atoms with Gasteiger partial charge in [0.05, 0.1) is 6.61 Å². The molecular weight excluding hydrogens is 271 g/mol. The fourth-order valence-electron chi connectivity index (χ4n) is 1.67. The molecule has 3 nitrogen and oxygen atoms in total. The molecule has 0 bridgehead atoms. The molecule has 0 saturated carbocycles. The van der Waals surface area contributed by atoms with Crippen molar-refractivity contribution in [1.29, 1.82) is 0 Å². The van der Waals surface area contributed by atoms with E-state index in [1.165, 1.54) is 12.1 Å². The van der Waals surface area contributed by atoms with Gasteiger partial charge in [-0.2, -0.15) is 0 Å². The highest BCUT2D eigenvalue weighted by molar-refractivity contribution is 6.30. The molecule has 0 fully saturated rings.